The lowest BCUT2D eigenvalue weighted by atomic mass is 10.0. The molecule has 0 spiro atoms. The van der Waals surface area contributed by atoms with Crippen LogP contribution in [0.1, 0.15) is 18.1 Å². The molecule has 3 aliphatic rings. The number of carbonyl (C=O) groups excluding carboxylic acids is 1. The number of amides is 1. The molecule has 0 atom stereocenters. The van der Waals surface area contributed by atoms with Gasteiger partial charge in [0.05, 0.1) is 7.11 Å². The zero-order chi connectivity index (χ0) is 24.4. The summed E-state index contributed by atoms with van der Waals surface area (Å²) >= 11 is 0. The van der Waals surface area contributed by atoms with Crippen molar-refractivity contribution < 1.29 is 13.9 Å². The number of piperazine rings is 2. The number of methoxy groups -OCH3 is 1. The van der Waals surface area contributed by atoms with Gasteiger partial charge in [0.15, 0.2) is 0 Å². The van der Waals surface area contributed by atoms with Gasteiger partial charge >= 0.3 is 0 Å². The highest BCUT2D eigenvalue weighted by Gasteiger charge is 2.32. The van der Waals surface area contributed by atoms with Crippen LogP contribution in [0.4, 0.5) is 10.1 Å². The zero-order valence-electron chi connectivity index (χ0n) is 20.8. The minimum absolute atomic E-state index is 0.109. The second-order valence-electron chi connectivity index (χ2n) is 9.62. The van der Waals surface area contributed by atoms with Gasteiger partial charge in [0.2, 0.25) is 0 Å². The summed E-state index contributed by atoms with van der Waals surface area (Å²) in [6, 6.07) is 13.1. The molecule has 0 radical (unpaired) electrons. The van der Waals surface area contributed by atoms with Crippen molar-refractivity contribution in [2.75, 3.05) is 77.5 Å². The van der Waals surface area contributed by atoms with Crippen molar-refractivity contribution in [3.8, 4) is 5.75 Å². The molecule has 2 aliphatic heterocycles. The lowest BCUT2D eigenvalue weighted by Gasteiger charge is -2.37. The van der Waals surface area contributed by atoms with E-state index < -0.39 is 0 Å². The Hall–Kier alpha value is -2.90. The number of likely N-dealkylation sites (N-methyl/N-ethyl adjacent to an activating group) is 1. The minimum Gasteiger partial charge on any atom is -0.497 e. The van der Waals surface area contributed by atoms with Gasteiger partial charge < -0.3 is 19.4 Å². The molecule has 2 fully saturated rings. The van der Waals surface area contributed by atoms with Crippen LogP contribution in [0.15, 0.2) is 48.0 Å². The average Bonchev–Trinajstić information content (AvgIpc) is 3.26. The van der Waals surface area contributed by atoms with E-state index in [1.165, 1.54) is 6.07 Å². The fourth-order valence-electron chi connectivity index (χ4n) is 5.47. The van der Waals surface area contributed by atoms with Crippen LogP contribution in [0, 0.1) is 5.82 Å². The second kappa shape index (κ2) is 10.4. The number of rotatable bonds is 6. The predicted molar refractivity (Wildman–Crippen MR) is 137 cm³/mol. The monoisotopic (exact) mass is 478 g/mol. The van der Waals surface area contributed by atoms with Crippen molar-refractivity contribution in [3.63, 3.8) is 0 Å². The summed E-state index contributed by atoms with van der Waals surface area (Å²) in [5, 5.41) is 0. The molecule has 186 valence electrons. The summed E-state index contributed by atoms with van der Waals surface area (Å²) in [6.07, 6.45) is 0.595. The molecule has 0 saturated carbocycles. The van der Waals surface area contributed by atoms with Crippen molar-refractivity contribution in [1.29, 1.82) is 0 Å². The van der Waals surface area contributed by atoms with E-state index in [1.54, 1.807) is 13.2 Å². The number of nitrogens with zero attached hydrogens (tertiary/aromatic N) is 4. The van der Waals surface area contributed by atoms with Gasteiger partial charge in [-0.05, 0) is 59.6 Å². The number of anilines is 1. The standard InChI is InChI=1S/C28H35FN4O2/c1-3-30-10-12-31(13-11-30)20-27-25-19-22(29)5-4-21(25)18-26(27)28(34)33-16-14-32(15-17-33)23-6-8-24(35-2)9-7-23/h4-9,19H,3,10-18,20H2,1-2H3. The average molecular weight is 479 g/mol. The normalized spacial score (nSPS) is 19.3. The molecule has 6 nitrogen and oxygen atoms in total. The van der Waals surface area contributed by atoms with Gasteiger partial charge in [-0.1, -0.05) is 13.0 Å². The third-order valence-electron chi connectivity index (χ3n) is 7.68. The van der Waals surface area contributed by atoms with E-state index in [9.17, 15) is 9.18 Å². The van der Waals surface area contributed by atoms with E-state index in [2.05, 4.69) is 33.8 Å². The number of fused-ring (bicyclic) bond motifs is 1. The van der Waals surface area contributed by atoms with Crippen LogP contribution in [-0.4, -0.2) is 93.2 Å². The van der Waals surface area contributed by atoms with Gasteiger partial charge in [-0.15, -0.1) is 0 Å². The molecule has 0 aromatic heterocycles. The Morgan fingerprint density at radius 1 is 0.914 bits per heavy atom. The summed E-state index contributed by atoms with van der Waals surface area (Å²) in [5.41, 5.74) is 5.00. The van der Waals surface area contributed by atoms with E-state index in [0.717, 1.165) is 79.5 Å². The highest BCUT2D eigenvalue weighted by Crippen LogP contribution is 2.35. The molecular formula is C28H35FN4O2. The molecule has 2 saturated heterocycles. The number of halogens is 1. The lowest BCUT2D eigenvalue weighted by molar-refractivity contribution is -0.127. The quantitative estimate of drug-likeness (QED) is 0.638. The Morgan fingerprint density at radius 2 is 1.60 bits per heavy atom. The largest absolute Gasteiger partial charge is 0.497 e. The van der Waals surface area contributed by atoms with Crippen LogP contribution in [0.5, 0.6) is 5.75 Å². The van der Waals surface area contributed by atoms with Gasteiger partial charge in [0.25, 0.3) is 5.91 Å². The van der Waals surface area contributed by atoms with Crippen molar-refractivity contribution >= 4 is 17.2 Å². The van der Waals surface area contributed by atoms with Crippen molar-refractivity contribution in [2.45, 2.75) is 13.3 Å². The SMILES string of the molecule is CCN1CCN(CC2=C(C(=O)N3CCN(c4ccc(OC)cc4)CC3)Cc3ccc(F)cc32)CC1. The number of ether oxygens (including phenoxy) is 1. The molecular weight excluding hydrogens is 443 g/mol. The molecule has 0 bridgehead atoms. The second-order valence-corrected chi connectivity index (χ2v) is 9.62. The first-order valence-corrected chi connectivity index (χ1v) is 12.7. The van der Waals surface area contributed by atoms with Crippen molar-refractivity contribution in [2.24, 2.45) is 0 Å². The molecule has 0 N–H and O–H groups in total. The number of hydrogen-bond acceptors (Lipinski definition) is 5. The van der Waals surface area contributed by atoms with Crippen LogP contribution < -0.4 is 9.64 Å². The highest BCUT2D eigenvalue weighted by molar-refractivity contribution is 6.04. The smallest absolute Gasteiger partial charge is 0.250 e. The molecule has 35 heavy (non-hydrogen) atoms. The Balaban J connectivity index is 1.31. The Bertz CT molecular complexity index is 1080. The Morgan fingerprint density at radius 3 is 2.26 bits per heavy atom. The number of hydrogen-bond donors (Lipinski definition) is 0. The van der Waals surface area contributed by atoms with E-state index in [0.29, 0.717) is 26.1 Å². The third-order valence-corrected chi connectivity index (χ3v) is 7.68. The minimum atomic E-state index is -0.237. The highest BCUT2D eigenvalue weighted by atomic mass is 19.1. The summed E-state index contributed by atoms with van der Waals surface area (Å²) < 4.78 is 19.5. The first-order chi connectivity index (χ1) is 17.1. The van der Waals surface area contributed by atoms with Crippen molar-refractivity contribution in [3.05, 3.63) is 65.0 Å². The van der Waals surface area contributed by atoms with Crippen LogP contribution in [0.2, 0.25) is 0 Å². The number of carbonyl (C=O) groups is 1. The molecule has 5 rings (SSSR count). The molecule has 2 aromatic carbocycles. The predicted octanol–water partition coefficient (Wildman–Crippen LogP) is 3.13. The van der Waals surface area contributed by atoms with Crippen LogP contribution >= 0.6 is 0 Å². The zero-order valence-corrected chi connectivity index (χ0v) is 20.8. The molecule has 2 aromatic rings. The molecule has 1 amide bonds. The Kier molecular flexibility index (Phi) is 7.07. The molecule has 0 unspecified atom stereocenters. The van der Waals surface area contributed by atoms with Gasteiger partial charge in [-0.25, -0.2) is 4.39 Å². The van der Waals surface area contributed by atoms with Crippen LogP contribution in [-0.2, 0) is 11.2 Å². The summed E-state index contributed by atoms with van der Waals surface area (Å²) in [6.45, 7) is 10.9. The third kappa shape index (κ3) is 5.07. The van der Waals surface area contributed by atoms with E-state index in [-0.39, 0.29) is 11.7 Å². The Labute approximate surface area is 207 Å². The van der Waals surface area contributed by atoms with E-state index in [1.807, 2.05) is 23.1 Å². The maximum absolute atomic E-state index is 14.2. The molecule has 1 aliphatic carbocycles. The van der Waals surface area contributed by atoms with Crippen molar-refractivity contribution in [1.82, 2.24) is 14.7 Å². The first-order valence-electron chi connectivity index (χ1n) is 12.7. The van der Waals surface area contributed by atoms with Crippen LogP contribution in [0.25, 0.3) is 5.57 Å². The summed E-state index contributed by atoms with van der Waals surface area (Å²) in [5.74, 6) is 0.715. The summed E-state index contributed by atoms with van der Waals surface area (Å²) in [7, 11) is 1.67. The van der Waals surface area contributed by atoms with E-state index in [4.69, 9.17) is 4.74 Å². The fourth-order valence-corrected chi connectivity index (χ4v) is 5.47. The summed E-state index contributed by atoms with van der Waals surface area (Å²) in [4.78, 5) is 22.9. The van der Waals surface area contributed by atoms with Gasteiger partial charge in [0, 0.05) is 76.6 Å². The van der Waals surface area contributed by atoms with E-state index >= 15 is 0 Å². The molecule has 2 heterocycles. The maximum atomic E-state index is 14.2. The first kappa shape index (κ1) is 23.8. The van der Waals surface area contributed by atoms with Gasteiger partial charge in [0.1, 0.15) is 11.6 Å². The van der Waals surface area contributed by atoms with Crippen LogP contribution in [0.3, 0.4) is 0 Å². The fraction of sp³-hybridized carbons (Fsp3) is 0.464. The number of benzene rings is 2. The molecule has 7 heteroatoms. The van der Waals surface area contributed by atoms with Gasteiger partial charge in [-0.2, -0.15) is 0 Å². The van der Waals surface area contributed by atoms with Gasteiger partial charge in [-0.3, -0.25) is 9.69 Å². The lowest BCUT2D eigenvalue weighted by Crippen LogP contribution is -2.49. The topological polar surface area (TPSA) is 39.3 Å². The maximum Gasteiger partial charge on any atom is 0.250 e.